The van der Waals surface area contributed by atoms with E-state index in [1.807, 2.05) is 4.90 Å². The van der Waals surface area contributed by atoms with Crippen molar-refractivity contribution in [2.45, 2.75) is 10.4 Å². The molecule has 1 amide bonds. The third kappa shape index (κ3) is 4.71. The van der Waals surface area contributed by atoms with Crippen molar-refractivity contribution in [3.63, 3.8) is 0 Å². The van der Waals surface area contributed by atoms with Gasteiger partial charge in [0, 0.05) is 42.8 Å². The van der Waals surface area contributed by atoms with E-state index in [-0.39, 0.29) is 22.6 Å². The second kappa shape index (κ2) is 7.88. The molecule has 0 N–H and O–H groups in total. The molecule has 140 valence electrons. The molecule has 0 aliphatic carbocycles. The molecule has 27 heavy (non-hydrogen) atoms. The van der Waals surface area contributed by atoms with E-state index in [1.54, 1.807) is 23.2 Å². The predicted molar refractivity (Wildman–Crippen MR) is 95.4 cm³/mol. The maximum atomic E-state index is 12.6. The van der Waals surface area contributed by atoms with Crippen LogP contribution in [0.2, 0.25) is 0 Å². The molecule has 0 bridgehead atoms. The van der Waals surface area contributed by atoms with E-state index in [4.69, 9.17) is 0 Å². The number of piperazine rings is 1. The highest BCUT2D eigenvalue weighted by Gasteiger charge is 2.29. The highest BCUT2D eigenvalue weighted by molar-refractivity contribution is 8.00. The molecule has 1 aromatic heterocycles. The van der Waals surface area contributed by atoms with Crippen LogP contribution in [0.25, 0.3) is 0 Å². The summed E-state index contributed by atoms with van der Waals surface area (Å²) in [4.78, 5) is 20.5. The van der Waals surface area contributed by atoms with Gasteiger partial charge < -0.3 is 9.80 Å². The minimum atomic E-state index is -4.35. The zero-order valence-electron chi connectivity index (χ0n) is 14.1. The third-order valence-electron chi connectivity index (χ3n) is 4.11. The van der Waals surface area contributed by atoms with Crippen molar-refractivity contribution in [2.24, 2.45) is 0 Å². The zero-order valence-corrected chi connectivity index (χ0v) is 14.9. The van der Waals surface area contributed by atoms with Crippen molar-refractivity contribution < 1.29 is 18.0 Å². The van der Waals surface area contributed by atoms with E-state index in [0.29, 0.717) is 43.1 Å². The minimum Gasteiger partial charge on any atom is -0.352 e. The second-order valence-corrected chi connectivity index (χ2v) is 6.98. The molecule has 5 nitrogen and oxygen atoms in total. The Morgan fingerprint density at radius 2 is 1.78 bits per heavy atom. The fourth-order valence-corrected chi connectivity index (χ4v) is 3.38. The van der Waals surface area contributed by atoms with Crippen molar-refractivity contribution in [1.29, 1.82) is 5.26 Å². The van der Waals surface area contributed by atoms with Gasteiger partial charge in [0.05, 0.1) is 5.56 Å². The number of carbonyl (C=O) groups excluding carboxylic acids is 1. The fraction of sp³-hybridized carbons (Fsp3) is 0.278. The van der Waals surface area contributed by atoms with Gasteiger partial charge in [0.1, 0.15) is 11.9 Å². The summed E-state index contributed by atoms with van der Waals surface area (Å²) in [5, 5.41) is 9.18. The number of thioether (sulfide) groups is 1. The third-order valence-corrected chi connectivity index (χ3v) is 4.85. The Hall–Kier alpha value is -2.73. The summed E-state index contributed by atoms with van der Waals surface area (Å²) in [6.45, 7) is 1.94. The zero-order chi connectivity index (χ0) is 19.4. The van der Waals surface area contributed by atoms with Gasteiger partial charge in [-0.2, -0.15) is 18.4 Å². The van der Waals surface area contributed by atoms with Gasteiger partial charge in [-0.1, -0.05) is 0 Å². The number of benzene rings is 1. The van der Waals surface area contributed by atoms with Gasteiger partial charge in [-0.25, -0.2) is 4.98 Å². The first-order valence-corrected chi connectivity index (χ1v) is 8.94. The van der Waals surface area contributed by atoms with Crippen LogP contribution in [0.1, 0.15) is 15.9 Å². The van der Waals surface area contributed by atoms with Crippen LogP contribution >= 0.6 is 11.8 Å². The van der Waals surface area contributed by atoms with Crippen molar-refractivity contribution in [3.05, 3.63) is 53.7 Å². The lowest BCUT2D eigenvalue weighted by atomic mass is 10.1. The van der Waals surface area contributed by atoms with Crippen LogP contribution in [-0.2, 0) is 0 Å². The first-order chi connectivity index (χ1) is 12.9. The van der Waals surface area contributed by atoms with E-state index in [9.17, 15) is 23.2 Å². The van der Waals surface area contributed by atoms with Crippen LogP contribution in [0.4, 0.5) is 19.0 Å². The number of nitriles is 1. The Balaban J connectivity index is 1.62. The molecular weight excluding hydrogens is 377 g/mol. The molecule has 0 atom stereocenters. The quantitative estimate of drug-likeness (QED) is 0.748. The lowest BCUT2D eigenvalue weighted by Crippen LogP contribution is -2.49. The number of aromatic nitrogens is 1. The monoisotopic (exact) mass is 392 g/mol. The van der Waals surface area contributed by atoms with Crippen LogP contribution in [0.3, 0.4) is 0 Å². The number of anilines is 1. The van der Waals surface area contributed by atoms with Crippen molar-refractivity contribution in [2.75, 3.05) is 31.1 Å². The lowest BCUT2D eigenvalue weighted by molar-refractivity contribution is -0.0328. The summed E-state index contributed by atoms with van der Waals surface area (Å²) in [6.07, 6.45) is 1.62. The van der Waals surface area contributed by atoms with Gasteiger partial charge in [0.25, 0.3) is 5.91 Å². The minimum absolute atomic E-state index is 0.0445. The number of hydrogen-bond donors (Lipinski definition) is 0. The van der Waals surface area contributed by atoms with Crippen LogP contribution in [0, 0.1) is 11.3 Å². The number of amides is 1. The SMILES string of the molecule is N#Cc1cccnc1N1CCN(C(=O)c2ccc(SC(F)(F)F)cc2)CC1. The Labute approximate surface area is 158 Å². The predicted octanol–water partition coefficient (Wildman–Crippen LogP) is 3.53. The van der Waals surface area contributed by atoms with Gasteiger partial charge in [-0.3, -0.25) is 4.79 Å². The molecular formula is C18H15F3N4OS. The molecule has 1 fully saturated rings. The van der Waals surface area contributed by atoms with Crippen LogP contribution in [-0.4, -0.2) is 47.5 Å². The van der Waals surface area contributed by atoms with Gasteiger partial charge in [-0.15, -0.1) is 0 Å². The standard InChI is InChI=1S/C18H15F3N4OS/c19-18(20,21)27-15-5-3-13(4-6-15)17(26)25-10-8-24(9-11-25)16-14(12-22)2-1-7-23-16/h1-7H,8-11H2. The summed E-state index contributed by atoms with van der Waals surface area (Å²) in [5.74, 6) is 0.375. The van der Waals surface area contributed by atoms with Crippen molar-refractivity contribution >= 4 is 23.5 Å². The summed E-state index contributed by atoms with van der Waals surface area (Å²) < 4.78 is 37.1. The normalized spacial score (nSPS) is 14.7. The maximum absolute atomic E-state index is 12.6. The molecule has 0 saturated carbocycles. The van der Waals surface area contributed by atoms with Crippen molar-refractivity contribution in [1.82, 2.24) is 9.88 Å². The number of hydrogen-bond acceptors (Lipinski definition) is 5. The molecule has 2 aromatic rings. The van der Waals surface area contributed by atoms with Crippen LogP contribution in [0.15, 0.2) is 47.5 Å². The molecule has 0 unspecified atom stereocenters. The average Bonchev–Trinajstić information content (AvgIpc) is 2.67. The number of halogens is 3. The lowest BCUT2D eigenvalue weighted by Gasteiger charge is -2.35. The van der Waals surface area contributed by atoms with E-state index in [2.05, 4.69) is 11.1 Å². The number of alkyl halides is 3. The number of pyridine rings is 1. The number of nitrogens with zero attached hydrogens (tertiary/aromatic N) is 4. The van der Waals surface area contributed by atoms with Crippen LogP contribution in [0.5, 0.6) is 0 Å². The summed E-state index contributed by atoms with van der Waals surface area (Å²) >= 11 is -0.207. The highest BCUT2D eigenvalue weighted by Crippen LogP contribution is 2.36. The van der Waals surface area contributed by atoms with E-state index in [0.717, 1.165) is 0 Å². The molecule has 0 radical (unpaired) electrons. The van der Waals surface area contributed by atoms with Crippen LogP contribution < -0.4 is 4.90 Å². The molecule has 1 aromatic carbocycles. The number of carbonyl (C=O) groups is 1. The first-order valence-electron chi connectivity index (χ1n) is 8.12. The largest absolute Gasteiger partial charge is 0.446 e. The Morgan fingerprint density at radius 1 is 1.11 bits per heavy atom. The molecule has 0 spiro atoms. The topological polar surface area (TPSA) is 60.2 Å². The summed E-state index contributed by atoms with van der Waals surface area (Å²) in [5.41, 5.74) is -3.52. The highest BCUT2D eigenvalue weighted by atomic mass is 32.2. The molecule has 1 saturated heterocycles. The Kier molecular flexibility index (Phi) is 5.56. The number of rotatable bonds is 3. The Morgan fingerprint density at radius 3 is 2.37 bits per heavy atom. The second-order valence-electron chi connectivity index (χ2n) is 5.84. The Bertz CT molecular complexity index is 856. The van der Waals surface area contributed by atoms with Gasteiger partial charge >= 0.3 is 5.51 Å². The average molecular weight is 392 g/mol. The van der Waals surface area contributed by atoms with E-state index >= 15 is 0 Å². The maximum Gasteiger partial charge on any atom is 0.446 e. The molecule has 3 rings (SSSR count). The van der Waals surface area contributed by atoms with E-state index in [1.165, 1.54) is 24.3 Å². The fourth-order valence-electron chi connectivity index (χ4n) is 2.84. The van der Waals surface area contributed by atoms with Gasteiger partial charge in [0.2, 0.25) is 0 Å². The van der Waals surface area contributed by atoms with Gasteiger partial charge in [0.15, 0.2) is 0 Å². The molecule has 2 heterocycles. The molecule has 9 heteroatoms. The molecule has 1 aliphatic heterocycles. The van der Waals surface area contributed by atoms with Gasteiger partial charge in [-0.05, 0) is 48.2 Å². The van der Waals surface area contributed by atoms with Crippen molar-refractivity contribution in [3.8, 4) is 6.07 Å². The first kappa shape index (κ1) is 19.0. The summed E-state index contributed by atoms with van der Waals surface area (Å²) in [7, 11) is 0. The smallest absolute Gasteiger partial charge is 0.352 e. The molecule has 1 aliphatic rings. The van der Waals surface area contributed by atoms with E-state index < -0.39 is 5.51 Å². The summed E-state index contributed by atoms with van der Waals surface area (Å²) in [6, 6.07) is 10.9.